The molecule has 0 aromatic heterocycles. The van der Waals surface area contributed by atoms with Crippen LogP contribution in [0.4, 0.5) is 10.5 Å². The highest BCUT2D eigenvalue weighted by atomic mass is 35.5. The summed E-state index contributed by atoms with van der Waals surface area (Å²) in [6.07, 6.45) is 0.0292. The quantitative estimate of drug-likeness (QED) is 0.302. The number of nitrogens with one attached hydrogen (secondary N) is 2. The van der Waals surface area contributed by atoms with Crippen LogP contribution in [0.5, 0.6) is 11.5 Å². The van der Waals surface area contributed by atoms with Crippen molar-refractivity contribution in [1.82, 2.24) is 5.32 Å². The molecule has 0 saturated carbocycles. The van der Waals surface area contributed by atoms with E-state index in [0.717, 1.165) is 10.8 Å². The van der Waals surface area contributed by atoms with Crippen LogP contribution in [0.25, 0.3) is 10.8 Å². The maximum Gasteiger partial charge on any atom is 0.407 e. The van der Waals surface area contributed by atoms with Gasteiger partial charge in [-0.05, 0) is 62.2 Å². The number of benzene rings is 3. The Hall–Kier alpha value is -3.45. The maximum absolute atomic E-state index is 13.0. The fourth-order valence-electron chi connectivity index (χ4n) is 3.08. The van der Waals surface area contributed by atoms with Crippen LogP contribution in [0, 0.1) is 0 Å². The Morgan fingerprint density at radius 2 is 1.73 bits per heavy atom. The Morgan fingerprint density at radius 3 is 2.39 bits per heavy atom. The summed E-state index contributed by atoms with van der Waals surface area (Å²) in [5.41, 5.74) is 0.000134. The number of phenolic OH excluding ortho intramolecular Hbond substituents is 1. The molecule has 0 spiro atoms. The number of phenols is 1. The molecule has 0 bridgehead atoms. The van der Waals surface area contributed by atoms with E-state index in [9.17, 15) is 14.7 Å². The second-order valence-corrected chi connectivity index (χ2v) is 8.88. The lowest BCUT2D eigenvalue weighted by Crippen LogP contribution is -2.33. The number of alkyl carbamates (subject to hydrolysis) is 1. The van der Waals surface area contributed by atoms with Gasteiger partial charge in [-0.2, -0.15) is 0 Å². The summed E-state index contributed by atoms with van der Waals surface area (Å²) in [6.45, 7) is 6.03. The van der Waals surface area contributed by atoms with Crippen molar-refractivity contribution in [3.63, 3.8) is 0 Å². The van der Waals surface area contributed by atoms with E-state index in [-0.39, 0.29) is 18.0 Å². The molecule has 0 aliphatic rings. The van der Waals surface area contributed by atoms with Crippen molar-refractivity contribution in [1.29, 1.82) is 0 Å². The Labute approximate surface area is 197 Å². The molecule has 0 saturated heterocycles. The summed E-state index contributed by atoms with van der Waals surface area (Å²) in [4.78, 5) is 24.8. The Morgan fingerprint density at radius 1 is 1.03 bits per heavy atom. The summed E-state index contributed by atoms with van der Waals surface area (Å²) in [7, 11) is 0. The first-order valence-electron chi connectivity index (χ1n) is 10.5. The monoisotopic (exact) mass is 470 g/mol. The SMILES string of the molecule is CC(C)(C)OC(=O)NCCCOc1cc2ccccc2cc1C(=O)Nc1ccc(Cl)cc1O. The van der Waals surface area contributed by atoms with Crippen LogP contribution in [0.1, 0.15) is 37.6 Å². The lowest BCUT2D eigenvalue weighted by atomic mass is 10.1. The zero-order chi connectivity index (χ0) is 24.0. The highest BCUT2D eigenvalue weighted by Crippen LogP contribution is 2.30. The first-order valence-corrected chi connectivity index (χ1v) is 10.9. The second kappa shape index (κ2) is 10.4. The van der Waals surface area contributed by atoms with Gasteiger partial charge in [-0.1, -0.05) is 35.9 Å². The number of ether oxygens (including phenoxy) is 2. The van der Waals surface area contributed by atoms with Crippen molar-refractivity contribution >= 4 is 40.1 Å². The third-order valence-corrected chi connectivity index (χ3v) is 4.78. The topological polar surface area (TPSA) is 96.9 Å². The van der Waals surface area contributed by atoms with E-state index >= 15 is 0 Å². The van der Waals surface area contributed by atoms with Crippen molar-refractivity contribution in [2.24, 2.45) is 0 Å². The molecule has 3 rings (SSSR count). The average molecular weight is 471 g/mol. The van der Waals surface area contributed by atoms with E-state index in [1.54, 1.807) is 39.0 Å². The van der Waals surface area contributed by atoms with Gasteiger partial charge in [-0.3, -0.25) is 4.79 Å². The highest BCUT2D eigenvalue weighted by Gasteiger charge is 2.17. The largest absolute Gasteiger partial charge is 0.506 e. The Kier molecular flexibility index (Phi) is 7.66. The number of carbonyl (C=O) groups excluding carboxylic acids is 2. The van der Waals surface area contributed by atoms with Gasteiger partial charge in [0, 0.05) is 17.6 Å². The number of amides is 2. The van der Waals surface area contributed by atoms with Crippen LogP contribution in [0.2, 0.25) is 5.02 Å². The average Bonchev–Trinajstić information content (AvgIpc) is 2.73. The minimum absolute atomic E-state index is 0.132. The van der Waals surface area contributed by atoms with Crippen LogP contribution < -0.4 is 15.4 Å². The predicted molar refractivity (Wildman–Crippen MR) is 129 cm³/mol. The molecule has 2 amide bonds. The minimum atomic E-state index is -0.563. The fourth-order valence-corrected chi connectivity index (χ4v) is 3.24. The molecular weight excluding hydrogens is 444 g/mol. The van der Waals surface area contributed by atoms with Crippen molar-refractivity contribution < 1.29 is 24.2 Å². The fraction of sp³-hybridized carbons (Fsp3) is 0.280. The van der Waals surface area contributed by atoms with E-state index in [2.05, 4.69) is 10.6 Å². The van der Waals surface area contributed by atoms with Crippen molar-refractivity contribution in [2.75, 3.05) is 18.5 Å². The number of aromatic hydroxyl groups is 1. The molecule has 3 N–H and O–H groups in total. The Balaban J connectivity index is 1.70. The summed E-state index contributed by atoms with van der Waals surface area (Å²) in [5.74, 6) is -0.162. The third kappa shape index (κ3) is 7.02. The summed E-state index contributed by atoms with van der Waals surface area (Å²) >= 11 is 5.87. The zero-order valence-corrected chi connectivity index (χ0v) is 19.5. The number of anilines is 1. The molecule has 0 heterocycles. The molecule has 8 heteroatoms. The molecule has 0 atom stereocenters. The number of carbonyl (C=O) groups is 2. The van der Waals surface area contributed by atoms with Gasteiger partial charge in [0.15, 0.2) is 0 Å². The molecule has 0 fully saturated rings. The first kappa shape index (κ1) is 24.2. The number of fused-ring (bicyclic) bond motifs is 1. The molecule has 174 valence electrons. The molecule has 3 aromatic carbocycles. The van der Waals surface area contributed by atoms with E-state index in [1.165, 1.54) is 12.1 Å². The van der Waals surface area contributed by atoms with Crippen LogP contribution in [-0.4, -0.2) is 35.9 Å². The summed E-state index contributed by atoms with van der Waals surface area (Å²) < 4.78 is 11.1. The summed E-state index contributed by atoms with van der Waals surface area (Å²) in [6, 6.07) is 15.6. The van der Waals surface area contributed by atoms with Crippen molar-refractivity contribution in [3.8, 4) is 11.5 Å². The normalized spacial score (nSPS) is 11.2. The van der Waals surface area contributed by atoms with Crippen LogP contribution >= 0.6 is 11.6 Å². The zero-order valence-electron chi connectivity index (χ0n) is 18.8. The van der Waals surface area contributed by atoms with E-state index < -0.39 is 17.6 Å². The van der Waals surface area contributed by atoms with Gasteiger partial charge in [0.1, 0.15) is 17.1 Å². The molecule has 0 radical (unpaired) electrons. The second-order valence-electron chi connectivity index (χ2n) is 8.44. The van der Waals surface area contributed by atoms with Gasteiger partial charge in [0.2, 0.25) is 0 Å². The molecule has 7 nitrogen and oxygen atoms in total. The predicted octanol–water partition coefficient (Wildman–Crippen LogP) is 5.74. The van der Waals surface area contributed by atoms with E-state index in [4.69, 9.17) is 21.1 Å². The number of hydrogen-bond donors (Lipinski definition) is 3. The van der Waals surface area contributed by atoms with Crippen LogP contribution in [0.15, 0.2) is 54.6 Å². The highest BCUT2D eigenvalue weighted by molar-refractivity contribution is 6.30. The summed E-state index contributed by atoms with van der Waals surface area (Å²) in [5, 5.41) is 17.6. The first-order chi connectivity index (χ1) is 15.6. The molecule has 33 heavy (non-hydrogen) atoms. The van der Waals surface area contributed by atoms with Crippen molar-refractivity contribution in [2.45, 2.75) is 32.8 Å². The molecule has 0 unspecified atom stereocenters. The lowest BCUT2D eigenvalue weighted by molar-refractivity contribution is 0.0525. The van der Waals surface area contributed by atoms with E-state index in [0.29, 0.717) is 29.3 Å². The maximum atomic E-state index is 13.0. The van der Waals surface area contributed by atoms with Crippen molar-refractivity contribution in [3.05, 3.63) is 65.2 Å². The molecule has 3 aromatic rings. The standard InChI is InChI=1S/C25H27ClN2O5/c1-25(2,3)33-24(31)27-11-6-12-32-22-14-17-8-5-4-7-16(17)13-19(22)23(30)28-20-10-9-18(26)15-21(20)29/h4-5,7-10,13-15,29H,6,11-12H2,1-3H3,(H,27,31)(H,28,30). The Bertz CT molecular complexity index is 1160. The lowest BCUT2D eigenvalue weighted by Gasteiger charge is -2.19. The van der Waals surface area contributed by atoms with Gasteiger partial charge in [-0.15, -0.1) is 0 Å². The van der Waals surface area contributed by atoms with E-state index in [1.807, 2.05) is 24.3 Å². The van der Waals surface area contributed by atoms with Crippen LogP contribution in [-0.2, 0) is 4.74 Å². The van der Waals surface area contributed by atoms with Gasteiger partial charge in [0.05, 0.1) is 17.9 Å². The van der Waals surface area contributed by atoms with Gasteiger partial charge < -0.3 is 25.2 Å². The number of halogens is 1. The molecule has 0 aliphatic heterocycles. The van der Waals surface area contributed by atoms with Crippen LogP contribution in [0.3, 0.4) is 0 Å². The number of hydrogen-bond acceptors (Lipinski definition) is 5. The van der Waals surface area contributed by atoms with Gasteiger partial charge >= 0.3 is 6.09 Å². The van der Waals surface area contributed by atoms with Gasteiger partial charge in [-0.25, -0.2) is 4.79 Å². The third-order valence-electron chi connectivity index (χ3n) is 4.55. The molecular formula is C25H27ClN2O5. The molecule has 0 aliphatic carbocycles. The minimum Gasteiger partial charge on any atom is -0.506 e. The number of rotatable bonds is 7. The van der Waals surface area contributed by atoms with Gasteiger partial charge in [0.25, 0.3) is 5.91 Å². The smallest absolute Gasteiger partial charge is 0.407 e.